The third kappa shape index (κ3) is 3.72. The fourth-order valence-corrected chi connectivity index (χ4v) is 3.29. The van der Waals surface area contributed by atoms with Crippen LogP contribution in [0.4, 0.5) is 8.78 Å². The third-order valence-corrected chi connectivity index (χ3v) is 4.71. The van der Waals surface area contributed by atoms with Crippen molar-refractivity contribution in [3.63, 3.8) is 0 Å². The summed E-state index contributed by atoms with van der Waals surface area (Å²) < 4.78 is 37.8. The third-order valence-electron chi connectivity index (χ3n) is 4.71. The number of amides is 1. The number of ether oxygens (including phenoxy) is 2. The van der Waals surface area contributed by atoms with Gasteiger partial charge >= 0.3 is 0 Å². The van der Waals surface area contributed by atoms with E-state index >= 15 is 0 Å². The van der Waals surface area contributed by atoms with E-state index in [1.807, 2.05) is 18.2 Å². The Labute approximate surface area is 154 Å². The Balaban J connectivity index is 1.45. The largest absolute Gasteiger partial charge is 0.486 e. The Bertz CT molecular complexity index is 862. The van der Waals surface area contributed by atoms with Crippen LogP contribution < -0.4 is 25.6 Å². The Morgan fingerprint density at radius 1 is 1.11 bits per heavy atom. The molecule has 4 rings (SSSR count). The molecule has 2 heterocycles. The van der Waals surface area contributed by atoms with Crippen molar-refractivity contribution in [2.75, 3.05) is 19.8 Å². The SMILES string of the molecule is O=C(NCc1ccc(F)cc1F)C1CNNC1c1ccc2c(c1)OCCO2. The van der Waals surface area contributed by atoms with Crippen molar-refractivity contribution in [3.8, 4) is 11.5 Å². The lowest BCUT2D eigenvalue weighted by atomic mass is 9.93. The summed E-state index contributed by atoms with van der Waals surface area (Å²) in [5.74, 6) is -0.609. The number of hydrazine groups is 1. The first kappa shape index (κ1) is 17.7. The molecule has 0 spiro atoms. The summed E-state index contributed by atoms with van der Waals surface area (Å²) in [7, 11) is 0. The maximum absolute atomic E-state index is 13.7. The van der Waals surface area contributed by atoms with Gasteiger partial charge < -0.3 is 14.8 Å². The first-order chi connectivity index (χ1) is 13.1. The molecule has 0 aromatic heterocycles. The van der Waals surface area contributed by atoms with Crippen LogP contribution >= 0.6 is 0 Å². The van der Waals surface area contributed by atoms with Gasteiger partial charge in [-0.1, -0.05) is 12.1 Å². The van der Waals surface area contributed by atoms with Gasteiger partial charge in [0.2, 0.25) is 5.91 Å². The quantitative estimate of drug-likeness (QED) is 0.761. The van der Waals surface area contributed by atoms with E-state index in [4.69, 9.17) is 9.47 Å². The van der Waals surface area contributed by atoms with Crippen LogP contribution in [0.25, 0.3) is 0 Å². The fraction of sp³-hybridized carbons (Fsp3) is 0.316. The molecule has 0 saturated carbocycles. The van der Waals surface area contributed by atoms with Gasteiger partial charge in [0.15, 0.2) is 11.5 Å². The number of nitrogens with one attached hydrogen (secondary N) is 3. The number of carbonyl (C=O) groups excluding carboxylic acids is 1. The highest BCUT2D eigenvalue weighted by atomic mass is 19.1. The van der Waals surface area contributed by atoms with Crippen LogP contribution in [-0.2, 0) is 11.3 Å². The summed E-state index contributed by atoms with van der Waals surface area (Å²) in [6.07, 6.45) is 0. The zero-order valence-corrected chi connectivity index (χ0v) is 14.4. The van der Waals surface area contributed by atoms with Gasteiger partial charge in [0, 0.05) is 24.7 Å². The minimum atomic E-state index is -0.679. The molecule has 0 radical (unpaired) electrons. The topological polar surface area (TPSA) is 71.6 Å². The highest BCUT2D eigenvalue weighted by molar-refractivity contribution is 5.80. The van der Waals surface area contributed by atoms with Crippen molar-refractivity contribution < 1.29 is 23.0 Å². The summed E-state index contributed by atoms with van der Waals surface area (Å²) in [6.45, 7) is 1.42. The van der Waals surface area contributed by atoms with E-state index in [9.17, 15) is 13.6 Å². The second-order valence-electron chi connectivity index (χ2n) is 6.47. The molecule has 2 unspecified atom stereocenters. The van der Waals surface area contributed by atoms with Gasteiger partial charge in [-0.25, -0.2) is 14.2 Å². The Morgan fingerprint density at radius 2 is 1.93 bits per heavy atom. The average Bonchev–Trinajstić information content (AvgIpc) is 3.16. The average molecular weight is 375 g/mol. The molecule has 0 aliphatic carbocycles. The predicted octanol–water partition coefficient (Wildman–Crippen LogP) is 1.82. The lowest BCUT2D eigenvalue weighted by Crippen LogP contribution is -2.35. The molecule has 142 valence electrons. The van der Waals surface area contributed by atoms with Crippen LogP contribution in [0.5, 0.6) is 11.5 Å². The summed E-state index contributed by atoms with van der Waals surface area (Å²) in [5, 5.41) is 2.73. The van der Waals surface area contributed by atoms with Gasteiger partial charge in [0.25, 0.3) is 0 Å². The van der Waals surface area contributed by atoms with E-state index in [0.717, 1.165) is 11.6 Å². The summed E-state index contributed by atoms with van der Waals surface area (Å²) in [5.41, 5.74) is 7.21. The monoisotopic (exact) mass is 375 g/mol. The number of rotatable bonds is 4. The number of fused-ring (bicyclic) bond motifs is 1. The van der Waals surface area contributed by atoms with Crippen molar-refractivity contribution >= 4 is 5.91 Å². The second kappa shape index (κ2) is 7.50. The molecule has 8 heteroatoms. The molecular formula is C19H19F2N3O3. The molecule has 3 N–H and O–H groups in total. The smallest absolute Gasteiger partial charge is 0.226 e. The highest BCUT2D eigenvalue weighted by Gasteiger charge is 2.34. The van der Waals surface area contributed by atoms with E-state index in [2.05, 4.69) is 16.2 Å². The molecule has 2 aliphatic rings. The van der Waals surface area contributed by atoms with Gasteiger partial charge in [-0.2, -0.15) is 0 Å². The Hall–Kier alpha value is -2.71. The molecule has 27 heavy (non-hydrogen) atoms. The maximum Gasteiger partial charge on any atom is 0.226 e. The predicted molar refractivity (Wildman–Crippen MR) is 93.0 cm³/mol. The van der Waals surface area contributed by atoms with Crippen molar-refractivity contribution in [2.24, 2.45) is 5.92 Å². The van der Waals surface area contributed by atoms with Gasteiger partial charge in [-0.3, -0.25) is 10.2 Å². The van der Waals surface area contributed by atoms with E-state index in [1.54, 1.807) is 0 Å². The van der Waals surface area contributed by atoms with E-state index in [1.165, 1.54) is 12.1 Å². The van der Waals surface area contributed by atoms with Crippen LogP contribution in [0.2, 0.25) is 0 Å². The van der Waals surface area contributed by atoms with Crippen molar-refractivity contribution in [1.29, 1.82) is 0 Å². The molecule has 0 bridgehead atoms. The summed E-state index contributed by atoms with van der Waals surface area (Å²) in [4.78, 5) is 12.6. The summed E-state index contributed by atoms with van der Waals surface area (Å²) in [6, 6.07) is 8.61. The standard InChI is InChI=1S/C19H19F2N3O3/c20-13-3-1-12(15(21)8-13)9-22-19(25)14-10-23-24-18(14)11-2-4-16-17(7-11)27-6-5-26-16/h1-4,7-8,14,18,23-24H,5-6,9-10H2,(H,22,25). The Morgan fingerprint density at radius 3 is 2.74 bits per heavy atom. The molecule has 1 amide bonds. The molecule has 1 saturated heterocycles. The number of hydrogen-bond donors (Lipinski definition) is 3. The number of benzene rings is 2. The van der Waals surface area contributed by atoms with Crippen molar-refractivity contribution in [3.05, 3.63) is 59.2 Å². The molecular weight excluding hydrogens is 356 g/mol. The zero-order chi connectivity index (χ0) is 18.8. The Kier molecular flexibility index (Phi) is 4.91. The maximum atomic E-state index is 13.7. The fourth-order valence-electron chi connectivity index (χ4n) is 3.29. The second-order valence-corrected chi connectivity index (χ2v) is 6.47. The molecule has 2 aromatic carbocycles. The molecule has 2 aliphatic heterocycles. The first-order valence-corrected chi connectivity index (χ1v) is 8.71. The number of halogens is 2. The number of hydrogen-bond acceptors (Lipinski definition) is 5. The highest BCUT2D eigenvalue weighted by Crippen LogP contribution is 2.35. The van der Waals surface area contributed by atoms with E-state index in [-0.39, 0.29) is 24.1 Å². The summed E-state index contributed by atoms with van der Waals surface area (Å²) >= 11 is 0. The van der Waals surface area contributed by atoms with Gasteiger partial charge in [-0.15, -0.1) is 0 Å². The molecule has 6 nitrogen and oxygen atoms in total. The van der Waals surface area contributed by atoms with Gasteiger partial charge in [-0.05, 0) is 23.8 Å². The zero-order valence-electron chi connectivity index (χ0n) is 14.4. The molecule has 2 atom stereocenters. The van der Waals surface area contributed by atoms with Crippen molar-refractivity contribution in [2.45, 2.75) is 12.6 Å². The lowest BCUT2D eigenvalue weighted by Gasteiger charge is -2.22. The molecule has 2 aromatic rings. The van der Waals surface area contributed by atoms with E-state index < -0.39 is 17.6 Å². The van der Waals surface area contributed by atoms with Gasteiger partial charge in [0.05, 0.1) is 12.0 Å². The minimum Gasteiger partial charge on any atom is -0.486 e. The number of carbonyl (C=O) groups is 1. The van der Waals surface area contributed by atoms with Crippen molar-refractivity contribution in [1.82, 2.24) is 16.2 Å². The normalized spacial score (nSPS) is 21.1. The lowest BCUT2D eigenvalue weighted by molar-refractivity contribution is -0.125. The van der Waals surface area contributed by atoms with Gasteiger partial charge in [0.1, 0.15) is 24.8 Å². The first-order valence-electron chi connectivity index (χ1n) is 8.71. The van der Waals surface area contributed by atoms with Crippen LogP contribution in [-0.4, -0.2) is 25.7 Å². The minimum absolute atomic E-state index is 0.00466. The van der Waals surface area contributed by atoms with E-state index in [0.29, 0.717) is 31.3 Å². The van der Waals surface area contributed by atoms with Crippen LogP contribution in [0, 0.1) is 17.6 Å². The van der Waals surface area contributed by atoms with Crippen LogP contribution in [0.1, 0.15) is 17.2 Å². The van der Waals surface area contributed by atoms with Crippen LogP contribution in [0.3, 0.4) is 0 Å². The van der Waals surface area contributed by atoms with Crippen LogP contribution in [0.15, 0.2) is 36.4 Å². The molecule has 1 fully saturated rings.